The molecule has 1 heterocycles. The van der Waals surface area contributed by atoms with Crippen LogP contribution in [0.4, 0.5) is 0 Å². The molecule has 0 bridgehead atoms. The van der Waals surface area contributed by atoms with Gasteiger partial charge in [0.2, 0.25) is 0 Å². The van der Waals surface area contributed by atoms with Crippen LogP contribution in [0, 0.1) is 17.8 Å². The average Bonchev–Trinajstić information content (AvgIpc) is 3.04. The number of ether oxygens (including phenoxy) is 2. The van der Waals surface area contributed by atoms with Crippen LogP contribution in [0.25, 0.3) is 0 Å². The lowest BCUT2D eigenvalue weighted by Crippen LogP contribution is -2.52. The van der Waals surface area contributed by atoms with Crippen LogP contribution >= 0.6 is 23.2 Å². The molecule has 3 rings (SSSR count). The second-order valence-corrected chi connectivity index (χ2v) is 8.68. The van der Waals surface area contributed by atoms with Gasteiger partial charge < -0.3 is 24.8 Å². The van der Waals surface area contributed by atoms with Crippen LogP contribution in [0.3, 0.4) is 0 Å². The molecule has 0 amide bonds. The summed E-state index contributed by atoms with van der Waals surface area (Å²) in [4.78, 5) is 24.6. The van der Waals surface area contributed by atoms with Crippen LogP contribution < -0.4 is 0 Å². The molecule has 28 heavy (non-hydrogen) atoms. The minimum Gasteiger partial charge on any atom is -0.459 e. The number of aliphatic hydroxyl groups is 3. The number of carbonyl (C=O) groups is 2. The monoisotopic (exact) mass is 434 g/mol. The summed E-state index contributed by atoms with van der Waals surface area (Å²) in [6, 6.07) is 0. The molecule has 2 saturated carbocycles. The summed E-state index contributed by atoms with van der Waals surface area (Å²) in [5.41, 5.74) is -2.87. The minimum atomic E-state index is -1.90. The van der Waals surface area contributed by atoms with Gasteiger partial charge in [-0.05, 0) is 19.3 Å². The quantitative estimate of drug-likeness (QED) is 0.260. The summed E-state index contributed by atoms with van der Waals surface area (Å²) in [6.45, 7) is 9.05. The molecule has 0 spiro atoms. The van der Waals surface area contributed by atoms with E-state index in [-0.39, 0.29) is 36.1 Å². The highest BCUT2D eigenvalue weighted by atomic mass is 35.5. The van der Waals surface area contributed by atoms with Crippen molar-refractivity contribution < 1.29 is 34.4 Å². The molecule has 0 aromatic rings. The standard InChI is InChI=1S/C19H24Cl2O7/c1-8-4-11(27-17(24)18(3,25)6-20)13-9(2)16(23)28-15(13)14-10(8)5-12(22)19(14,26)7-21/h10-15,22,25-26H,1-2,4-7H2,3H3/t10-,11-,12-,13+,14?,15-,18?,19+/m0/s1. The van der Waals surface area contributed by atoms with Crippen molar-refractivity contribution in [2.45, 2.75) is 49.3 Å². The molecule has 7 nitrogen and oxygen atoms in total. The number of hydrogen-bond donors (Lipinski definition) is 3. The van der Waals surface area contributed by atoms with Crippen molar-refractivity contribution in [3.63, 3.8) is 0 Å². The fourth-order valence-electron chi connectivity index (χ4n) is 4.58. The van der Waals surface area contributed by atoms with Crippen LogP contribution in [0.15, 0.2) is 24.3 Å². The van der Waals surface area contributed by atoms with Crippen molar-refractivity contribution >= 4 is 35.1 Å². The van der Waals surface area contributed by atoms with Gasteiger partial charge in [0.25, 0.3) is 0 Å². The van der Waals surface area contributed by atoms with E-state index in [0.29, 0.717) is 5.57 Å². The van der Waals surface area contributed by atoms with Gasteiger partial charge in [0.1, 0.15) is 17.8 Å². The predicted octanol–water partition coefficient (Wildman–Crippen LogP) is 0.913. The van der Waals surface area contributed by atoms with E-state index >= 15 is 0 Å². The van der Waals surface area contributed by atoms with Crippen molar-refractivity contribution in [2.75, 3.05) is 11.8 Å². The summed E-state index contributed by atoms with van der Waals surface area (Å²) >= 11 is 11.6. The first-order valence-corrected chi connectivity index (χ1v) is 10.1. The van der Waals surface area contributed by atoms with Crippen LogP contribution in [0.1, 0.15) is 19.8 Å². The van der Waals surface area contributed by atoms with Gasteiger partial charge >= 0.3 is 11.9 Å². The molecular weight excluding hydrogens is 411 g/mol. The first kappa shape index (κ1) is 21.6. The van der Waals surface area contributed by atoms with E-state index in [4.69, 9.17) is 32.7 Å². The van der Waals surface area contributed by atoms with Gasteiger partial charge in [0.15, 0.2) is 5.60 Å². The number of halogens is 2. The third-order valence-electron chi connectivity index (χ3n) is 6.24. The first-order chi connectivity index (χ1) is 13.0. The Morgan fingerprint density at radius 3 is 2.64 bits per heavy atom. The molecule has 0 aromatic carbocycles. The van der Waals surface area contributed by atoms with E-state index in [1.165, 1.54) is 6.92 Å². The Hall–Kier alpha value is -1.12. The summed E-state index contributed by atoms with van der Waals surface area (Å²) in [5.74, 6) is -4.11. The molecule has 3 fully saturated rings. The molecule has 2 aliphatic carbocycles. The number of alkyl halides is 2. The largest absolute Gasteiger partial charge is 0.459 e. The predicted molar refractivity (Wildman–Crippen MR) is 101 cm³/mol. The minimum absolute atomic E-state index is 0.0973. The molecule has 9 heteroatoms. The molecule has 3 N–H and O–H groups in total. The van der Waals surface area contributed by atoms with Gasteiger partial charge in [-0.2, -0.15) is 0 Å². The maximum atomic E-state index is 12.4. The highest BCUT2D eigenvalue weighted by molar-refractivity contribution is 6.20. The molecule has 1 saturated heterocycles. The highest BCUT2D eigenvalue weighted by Crippen LogP contribution is 2.55. The zero-order chi connectivity index (χ0) is 21.0. The molecule has 2 unspecified atom stereocenters. The molecule has 0 radical (unpaired) electrons. The SMILES string of the molecule is C=C1C(=O)O[C@@H]2C3[C@@H](C[C@H](O)[C@]3(O)CCl)C(=C)C[C@H](OC(=O)C(C)(O)CCl)[C@@H]12. The Kier molecular flexibility index (Phi) is 5.62. The van der Waals surface area contributed by atoms with Crippen molar-refractivity contribution in [3.8, 4) is 0 Å². The van der Waals surface area contributed by atoms with Crippen LogP contribution in [0.5, 0.6) is 0 Å². The van der Waals surface area contributed by atoms with E-state index in [0.717, 1.165) is 0 Å². The van der Waals surface area contributed by atoms with Gasteiger partial charge in [-0.3, -0.25) is 0 Å². The second kappa shape index (κ2) is 7.29. The van der Waals surface area contributed by atoms with Gasteiger partial charge in [0, 0.05) is 17.9 Å². The molecule has 3 aliphatic rings. The third kappa shape index (κ3) is 3.17. The van der Waals surface area contributed by atoms with Crippen molar-refractivity contribution in [1.82, 2.24) is 0 Å². The Balaban J connectivity index is 2.01. The lowest BCUT2D eigenvalue weighted by molar-refractivity contribution is -0.172. The summed E-state index contributed by atoms with van der Waals surface area (Å²) in [7, 11) is 0. The van der Waals surface area contributed by atoms with E-state index < -0.39 is 53.3 Å². The number of rotatable bonds is 4. The number of fused-ring (bicyclic) bond motifs is 3. The number of esters is 2. The van der Waals surface area contributed by atoms with Gasteiger partial charge in [0.05, 0.1) is 23.8 Å². The average molecular weight is 435 g/mol. The van der Waals surface area contributed by atoms with Crippen LogP contribution in [-0.2, 0) is 19.1 Å². The molecular formula is C19H24Cl2O7. The zero-order valence-corrected chi connectivity index (χ0v) is 16.9. The summed E-state index contributed by atoms with van der Waals surface area (Å²) < 4.78 is 11.0. The maximum Gasteiger partial charge on any atom is 0.339 e. The number of aliphatic hydroxyl groups excluding tert-OH is 1. The van der Waals surface area contributed by atoms with Gasteiger partial charge in [-0.1, -0.05) is 18.7 Å². The maximum absolute atomic E-state index is 12.4. The Labute approximate surface area is 172 Å². The van der Waals surface area contributed by atoms with E-state index in [1.54, 1.807) is 0 Å². The summed E-state index contributed by atoms with van der Waals surface area (Å²) in [6.07, 6.45) is -2.54. The van der Waals surface area contributed by atoms with Crippen LogP contribution in [-0.4, -0.2) is 68.5 Å². The lowest BCUT2D eigenvalue weighted by atomic mass is 9.76. The number of hydrogen-bond acceptors (Lipinski definition) is 7. The van der Waals surface area contributed by atoms with E-state index in [9.17, 15) is 24.9 Å². The van der Waals surface area contributed by atoms with Crippen molar-refractivity contribution in [1.29, 1.82) is 0 Å². The van der Waals surface area contributed by atoms with Gasteiger partial charge in [-0.25, -0.2) is 9.59 Å². The molecule has 1 aliphatic heterocycles. The van der Waals surface area contributed by atoms with Crippen molar-refractivity contribution in [2.24, 2.45) is 17.8 Å². The normalized spacial score (nSPS) is 42.3. The van der Waals surface area contributed by atoms with Crippen molar-refractivity contribution in [3.05, 3.63) is 24.3 Å². The van der Waals surface area contributed by atoms with Gasteiger partial charge in [-0.15, -0.1) is 23.2 Å². The van der Waals surface area contributed by atoms with E-state index in [2.05, 4.69) is 13.2 Å². The number of carbonyl (C=O) groups excluding carboxylic acids is 2. The second-order valence-electron chi connectivity index (χ2n) is 8.14. The Bertz CT molecular complexity index is 721. The topological polar surface area (TPSA) is 113 Å². The Morgan fingerprint density at radius 1 is 1.43 bits per heavy atom. The first-order valence-electron chi connectivity index (χ1n) is 9.01. The molecule has 0 aromatic heterocycles. The fraction of sp³-hybridized carbons (Fsp3) is 0.684. The fourth-order valence-corrected chi connectivity index (χ4v) is 5.05. The van der Waals surface area contributed by atoms with Crippen LogP contribution in [0.2, 0.25) is 0 Å². The summed E-state index contributed by atoms with van der Waals surface area (Å²) in [5, 5.41) is 31.6. The van der Waals surface area contributed by atoms with E-state index in [1.807, 2.05) is 0 Å². The molecule has 8 atom stereocenters. The zero-order valence-electron chi connectivity index (χ0n) is 15.4. The highest BCUT2D eigenvalue weighted by Gasteiger charge is 2.64. The smallest absolute Gasteiger partial charge is 0.339 e. The third-order valence-corrected chi connectivity index (χ3v) is 7.19. The Morgan fingerprint density at radius 2 is 2.07 bits per heavy atom. The lowest BCUT2D eigenvalue weighted by Gasteiger charge is -2.37. The molecule has 156 valence electrons.